The van der Waals surface area contributed by atoms with Gasteiger partial charge in [-0.05, 0) is 57.5 Å². The molecule has 0 aliphatic carbocycles. The number of hydrogen-bond donors (Lipinski definition) is 2. The normalized spacial score (nSPS) is 15.5. The van der Waals surface area contributed by atoms with E-state index in [0.29, 0.717) is 48.7 Å². The summed E-state index contributed by atoms with van der Waals surface area (Å²) >= 11 is 0. The third kappa shape index (κ3) is 6.51. The lowest BCUT2D eigenvalue weighted by Gasteiger charge is -2.39. The highest BCUT2D eigenvalue weighted by Gasteiger charge is 2.34. The molecule has 1 fully saturated rings. The molecule has 5 heterocycles. The van der Waals surface area contributed by atoms with Crippen molar-refractivity contribution < 1.29 is 22.7 Å². The molecule has 0 bridgehead atoms. The Morgan fingerprint density at radius 3 is 2.48 bits per heavy atom. The van der Waals surface area contributed by atoms with Gasteiger partial charge in [0.2, 0.25) is 0 Å². The molecular formula is C32H37F3N6O3. The standard InChI is InChI=1S/C32H37F3N6O3/c1-19-6-7-23(16-36-19)24-8-9-41-27(24)15-25(30(42)37-17-26-28(44-5)14-20(2)38-31(26)43)21(3)29(41)22(4)40-12-10-39(11-13-40)18-32(33,34)35/h6-9,14-16,22H,10-13,17-18H2,1-5H3,(H,37,42)(H,38,43). The van der Waals surface area contributed by atoms with E-state index >= 15 is 0 Å². The van der Waals surface area contributed by atoms with E-state index in [2.05, 4.69) is 24.6 Å². The van der Waals surface area contributed by atoms with Gasteiger partial charge in [-0.3, -0.25) is 24.4 Å². The monoisotopic (exact) mass is 610 g/mol. The van der Waals surface area contributed by atoms with E-state index < -0.39 is 12.7 Å². The maximum Gasteiger partial charge on any atom is 0.401 e. The topological polar surface area (TPSA) is 95.0 Å². The smallest absolute Gasteiger partial charge is 0.401 e. The molecule has 0 spiro atoms. The Hall–Kier alpha value is -4.16. The number of aryl methyl sites for hydroxylation is 2. The number of amides is 1. The lowest BCUT2D eigenvalue weighted by molar-refractivity contribution is -0.149. The first-order chi connectivity index (χ1) is 20.9. The van der Waals surface area contributed by atoms with Gasteiger partial charge < -0.3 is 19.4 Å². The first-order valence-corrected chi connectivity index (χ1v) is 14.5. The van der Waals surface area contributed by atoms with Crippen LogP contribution in [0.4, 0.5) is 13.2 Å². The molecule has 1 amide bonds. The first kappa shape index (κ1) is 31.3. The largest absolute Gasteiger partial charge is 0.496 e. The van der Waals surface area contributed by atoms with Crippen LogP contribution in [0, 0.1) is 20.8 Å². The maximum absolute atomic E-state index is 13.8. The van der Waals surface area contributed by atoms with Crippen LogP contribution in [0.25, 0.3) is 16.6 Å². The van der Waals surface area contributed by atoms with Crippen molar-refractivity contribution >= 4 is 11.4 Å². The molecular weight excluding hydrogens is 573 g/mol. The summed E-state index contributed by atoms with van der Waals surface area (Å²) in [5.41, 5.74) is 6.14. The number of alkyl halides is 3. The van der Waals surface area contributed by atoms with Crippen LogP contribution < -0.4 is 15.6 Å². The lowest BCUT2D eigenvalue weighted by atomic mass is 9.99. The minimum atomic E-state index is -4.24. The zero-order valence-electron chi connectivity index (χ0n) is 25.5. The molecule has 12 heteroatoms. The minimum absolute atomic E-state index is 0.0377. The van der Waals surface area contributed by atoms with Crippen LogP contribution in [0.2, 0.25) is 0 Å². The molecule has 0 radical (unpaired) electrons. The number of nitrogens with zero attached hydrogens (tertiary/aromatic N) is 4. The maximum atomic E-state index is 13.8. The van der Waals surface area contributed by atoms with Gasteiger partial charge in [-0.2, -0.15) is 13.2 Å². The van der Waals surface area contributed by atoms with Gasteiger partial charge >= 0.3 is 6.18 Å². The van der Waals surface area contributed by atoms with Gasteiger partial charge in [-0.1, -0.05) is 6.07 Å². The summed E-state index contributed by atoms with van der Waals surface area (Å²) in [6, 6.07) is 9.24. The number of aromatic amines is 1. The molecule has 0 saturated carbocycles. The number of H-pyrrole nitrogens is 1. The summed E-state index contributed by atoms with van der Waals surface area (Å²) in [6.45, 7) is 8.12. The molecule has 1 saturated heterocycles. The van der Waals surface area contributed by atoms with E-state index in [1.54, 1.807) is 19.2 Å². The van der Waals surface area contributed by atoms with E-state index in [-0.39, 0.29) is 24.1 Å². The lowest BCUT2D eigenvalue weighted by Crippen LogP contribution is -2.49. The fourth-order valence-electron chi connectivity index (χ4n) is 6.02. The van der Waals surface area contributed by atoms with E-state index in [1.165, 1.54) is 12.0 Å². The molecule has 5 rings (SSSR count). The number of pyridine rings is 3. The van der Waals surface area contributed by atoms with E-state index in [4.69, 9.17) is 4.74 Å². The zero-order chi connectivity index (χ0) is 31.8. The van der Waals surface area contributed by atoms with Gasteiger partial charge in [0.05, 0.1) is 31.3 Å². The average molecular weight is 611 g/mol. The van der Waals surface area contributed by atoms with Crippen LogP contribution in [-0.2, 0) is 6.54 Å². The summed E-state index contributed by atoms with van der Waals surface area (Å²) in [5, 5.41) is 2.90. The molecule has 2 N–H and O–H groups in total. The van der Waals surface area contributed by atoms with E-state index in [9.17, 15) is 22.8 Å². The highest BCUT2D eigenvalue weighted by Crippen LogP contribution is 2.34. The number of methoxy groups -OCH3 is 1. The third-order valence-corrected chi connectivity index (χ3v) is 8.35. The average Bonchev–Trinajstić information content (AvgIpc) is 3.39. The van der Waals surface area contributed by atoms with E-state index in [1.807, 2.05) is 51.2 Å². The summed E-state index contributed by atoms with van der Waals surface area (Å²) < 4.78 is 46.4. The molecule has 4 aromatic rings. The number of rotatable bonds is 8. The summed E-state index contributed by atoms with van der Waals surface area (Å²) in [7, 11) is 1.47. The van der Waals surface area contributed by atoms with Crippen molar-refractivity contribution in [1.29, 1.82) is 0 Å². The summed E-state index contributed by atoms with van der Waals surface area (Å²) in [6.07, 6.45) is -0.483. The number of carbonyl (C=O) groups excluding carboxylic acids is 1. The van der Waals surface area contributed by atoms with Crippen molar-refractivity contribution in [2.45, 2.75) is 46.5 Å². The van der Waals surface area contributed by atoms with Crippen molar-refractivity contribution in [1.82, 2.24) is 29.5 Å². The number of halogens is 3. The quantitative estimate of drug-likeness (QED) is 0.298. The fraction of sp³-hybridized carbons (Fsp3) is 0.406. The van der Waals surface area contributed by atoms with Crippen molar-refractivity contribution in [2.24, 2.45) is 0 Å². The Morgan fingerprint density at radius 2 is 1.84 bits per heavy atom. The van der Waals surface area contributed by atoms with Crippen LogP contribution in [-0.4, -0.2) is 76.1 Å². The predicted molar refractivity (Wildman–Crippen MR) is 162 cm³/mol. The fourth-order valence-corrected chi connectivity index (χ4v) is 6.02. The van der Waals surface area contributed by atoms with Crippen LogP contribution in [0.15, 0.2) is 47.5 Å². The number of aromatic nitrogens is 3. The molecule has 1 aliphatic heterocycles. The van der Waals surface area contributed by atoms with Gasteiger partial charge in [0.25, 0.3) is 11.5 Å². The first-order valence-electron chi connectivity index (χ1n) is 14.5. The molecule has 1 aliphatic rings. The minimum Gasteiger partial charge on any atom is -0.496 e. The molecule has 1 unspecified atom stereocenters. The number of fused-ring (bicyclic) bond motifs is 1. The number of ether oxygens (including phenoxy) is 1. The van der Waals surface area contributed by atoms with Crippen LogP contribution in [0.1, 0.15) is 51.5 Å². The Morgan fingerprint density at radius 1 is 1.11 bits per heavy atom. The SMILES string of the molecule is COc1cc(C)[nH]c(=O)c1CNC(=O)c1cc2c(-c3ccc(C)nc3)ccn2c(C(C)N2CCN(CC(F)(F)F)CC2)c1C. The molecule has 9 nitrogen and oxygen atoms in total. The van der Waals surface area contributed by atoms with Crippen LogP contribution in [0.3, 0.4) is 0 Å². The summed E-state index contributed by atoms with van der Waals surface area (Å²) in [4.78, 5) is 37.2. The zero-order valence-corrected chi connectivity index (χ0v) is 25.5. The van der Waals surface area contributed by atoms with E-state index in [0.717, 1.165) is 33.6 Å². The highest BCUT2D eigenvalue weighted by atomic mass is 19.4. The number of nitrogens with one attached hydrogen (secondary N) is 2. The second-order valence-corrected chi connectivity index (χ2v) is 11.4. The van der Waals surface area contributed by atoms with Gasteiger partial charge in [0, 0.05) is 78.4 Å². The Labute approximate surface area is 253 Å². The molecule has 1 atom stereocenters. The van der Waals surface area contributed by atoms with Gasteiger partial charge in [-0.15, -0.1) is 0 Å². The Balaban J connectivity index is 1.52. The molecule has 234 valence electrons. The van der Waals surface area contributed by atoms with Crippen molar-refractivity contribution in [2.75, 3.05) is 39.8 Å². The molecule has 4 aromatic heterocycles. The second-order valence-electron chi connectivity index (χ2n) is 11.4. The highest BCUT2D eigenvalue weighted by molar-refractivity contribution is 5.98. The van der Waals surface area contributed by atoms with Crippen molar-refractivity contribution in [3.05, 3.63) is 86.9 Å². The Bertz CT molecular complexity index is 1720. The predicted octanol–water partition coefficient (Wildman–Crippen LogP) is 4.79. The van der Waals surface area contributed by atoms with Gasteiger partial charge in [0.15, 0.2) is 0 Å². The van der Waals surface area contributed by atoms with Crippen LogP contribution >= 0.6 is 0 Å². The number of hydrogen-bond acceptors (Lipinski definition) is 6. The van der Waals surface area contributed by atoms with Crippen molar-refractivity contribution in [3.63, 3.8) is 0 Å². The van der Waals surface area contributed by atoms with Crippen LogP contribution in [0.5, 0.6) is 5.75 Å². The van der Waals surface area contributed by atoms with Gasteiger partial charge in [0.1, 0.15) is 5.75 Å². The van der Waals surface area contributed by atoms with Gasteiger partial charge in [-0.25, -0.2) is 0 Å². The number of carbonyl (C=O) groups is 1. The van der Waals surface area contributed by atoms with Crippen molar-refractivity contribution in [3.8, 4) is 16.9 Å². The molecule has 44 heavy (non-hydrogen) atoms. The summed E-state index contributed by atoms with van der Waals surface area (Å²) in [5.74, 6) is 0.0307. The number of piperazine rings is 1. The second kappa shape index (κ2) is 12.4. The Kier molecular flexibility index (Phi) is 8.85. The molecule has 0 aromatic carbocycles. The third-order valence-electron chi connectivity index (χ3n) is 8.35.